The molecule has 0 aliphatic heterocycles. The van der Waals surface area contributed by atoms with E-state index in [1.165, 1.54) is 12.8 Å². The van der Waals surface area contributed by atoms with Crippen molar-refractivity contribution in [1.29, 1.82) is 0 Å². The summed E-state index contributed by atoms with van der Waals surface area (Å²) in [5.41, 5.74) is 1.83. The molecule has 0 amide bonds. The molecule has 0 atom stereocenters. The van der Waals surface area contributed by atoms with Gasteiger partial charge in [0, 0.05) is 12.5 Å². The van der Waals surface area contributed by atoms with Gasteiger partial charge in [-0.15, -0.1) is 0 Å². The molecule has 0 saturated heterocycles. The third kappa shape index (κ3) is 1.85. The lowest BCUT2D eigenvalue weighted by molar-refractivity contribution is 0.669. The molecule has 1 aliphatic rings. The maximum absolute atomic E-state index is 5.31. The minimum absolute atomic E-state index is 0.598. The number of aromatic nitrogens is 4. The molecule has 4 nitrogen and oxygen atoms in total. The second-order valence-corrected chi connectivity index (χ2v) is 5.30. The first-order valence-electron chi connectivity index (χ1n) is 5.93. The van der Waals surface area contributed by atoms with Crippen molar-refractivity contribution < 1.29 is 0 Å². The molecule has 2 aromatic heterocycles. The Kier molecular flexibility index (Phi) is 2.63. The zero-order valence-corrected chi connectivity index (χ0v) is 11.2. The molecule has 0 bridgehead atoms. The normalized spacial score (nSPS) is 15.6. The van der Waals surface area contributed by atoms with Gasteiger partial charge < -0.3 is 14.5 Å². The van der Waals surface area contributed by atoms with Crippen LogP contribution in [0, 0.1) is 9.41 Å². The third-order valence-corrected chi connectivity index (χ3v) is 3.69. The monoisotopic (exact) mass is 266 g/mol. The lowest BCUT2D eigenvalue weighted by Gasteiger charge is -2.05. The van der Waals surface area contributed by atoms with Crippen LogP contribution >= 0.6 is 24.4 Å². The fourth-order valence-corrected chi connectivity index (χ4v) is 2.62. The number of fused-ring (bicyclic) bond motifs is 1. The standard InChI is InChI=1S/C11H14N4S2/c1-2-5-15-9-7(10(16)14-11(15)17)12-8(13-9)6-3-4-6/h6H,2-5H2,1H3,(H,12,13)(H,14,16,17). The molecule has 6 heteroatoms. The number of nitrogens with one attached hydrogen (secondary N) is 2. The van der Waals surface area contributed by atoms with Gasteiger partial charge in [-0.2, -0.15) is 0 Å². The second kappa shape index (κ2) is 4.03. The number of aryl methyl sites for hydroxylation is 1. The Hall–Kier alpha value is -1.01. The summed E-state index contributed by atoms with van der Waals surface area (Å²) in [5.74, 6) is 1.66. The van der Waals surface area contributed by atoms with Gasteiger partial charge in [0.1, 0.15) is 16.0 Å². The van der Waals surface area contributed by atoms with Crippen molar-refractivity contribution >= 4 is 35.6 Å². The quantitative estimate of drug-likeness (QED) is 0.837. The highest BCUT2D eigenvalue weighted by Gasteiger charge is 2.27. The van der Waals surface area contributed by atoms with E-state index in [1.807, 2.05) is 4.57 Å². The molecule has 0 aromatic carbocycles. The molecule has 1 fully saturated rings. The number of H-pyrrole nitrogens is 2. The second-order valence-electron chi connectivity index (χ2n) is 4.51. The number of aromatic amines is 2. The van der Waals surface area contributed by atoms with Crippen LogP contribution in [0.25, 0.3) is 11.2 Å². The van der Waals surface area contributed by atoms with Crippen molar-refractivity contribution in [2.45, 2.75) is 38.6 Å². The highest BCUT2D eigenvalue weighted by Crippen LogP contribution is 2.39. The maximum Gasteiger partial charge on any atom is 0.179 e. The largest absolute Gasteiger partial charge is 0.338 e. The van der Waals surface area contributed by atoms with Crippen LogP contribution in [0.1, 0.15) is 37.9 Å². The van der Waals surface area contributed by atoms with E-state index < -0.39 is 0 Å². The Morgan fingerprint density at radius 3 is 2.76 bits per heavy atom. The van der Waals surface area contributed by atoms with Crippen LogP contribution in [-0.4, -0.2) is 19.5 Å². The van der Waals surface area contributed by atoms with Crippen LogP contribution in [0.2, 0.25) is 0 Å². The average molecular weight is 266 g/mol. The highest BCUT2D eigenvalue weighted by molar-refractivity contribution is 7.72. The lowest BCUT2D eigenvalue weighted by atomic mass is 10.4. The van der Waals surface area contributed by atoms with Crippen LogP contribution in [0.3, 0.4) is 0 Å². The van der Waals surface area contributed by atoms with Gasteiger partial charge in [0.2, 0.25) is 0 Å². The summed E-state index contributed by atoms with van der Waals surface area (Å²) in [4.78, 5) is 11.1. The molecule has 0 unspecified atom stereocenters. The van der Waals surface area contributed by atoms with Crippen LogP contribution in [-0.2, 0) is 6.54 Å². The summed E-state index contributed by atoms with van der Waals surface area (Å²) in [6.45, 7) is 3.00. The molecule has 90 valence electrons. The highest BCUT2D eigenvalue weighted by atomic mass is 32.1. The van der Waals surface area contributed by atoms with Gasteiger partial charge in [-0.05, 0) is 31.5 Å². The van der Waals surface area contributed by atoms with Gasteiger partial charge >= 0.3 is 0 Å². The minimum Gasteiger partial charge on any atom is -0.338 e. The Morgan fingerprint density at radius 2 is 2.12 bits per heavy atom. The molecule has 3 rings (SSSR count). The summed E-state index contributed by atoms with van der Waals surface area (Å²) >= 11 is 10.6. The predicted octanol–water partition coefficient (Wildman–Crippen LogP) is 3.44. The SMILES string of the molecule is CCCn1c(=S)[nH]c(=S)c2[nH]c(C3CC3)nc21. The van der Waals surface area contributed by atoms with E-state index in [2.05, 4.69) is 21.9 Å². The fraction of sp³-hybridized carbons (Fsp3) is 0.545. The molecular weight excluding hydrogens is 252 g/mol. The molecule has 1 aliphatic carbocycles. The van der Waals surface area contributed by atoms with E-state index in [0.29, 0.717) is 15.3 Å². The number of imidazole rings is 1. The molecular formula is C11H14N4S2. The average Bonchev–Trinajstić information content (AvgIpc) is 3.04. The fourth-order valence-electron chi connectivity index (χ4n) is 2.04. The van der Waals surface area contributed by atoms with Crippen molar-refractivity contribution in [3.05, 3.63) is 15.2 Å². The van der Waals surface area contributed by atoms with E-state index in [9.17, 15) is 0 Å². The van der Waals surface area contributed by atoms with Crippen molar-refractivity contribution in [2.24, 2.45) is 0 Å². The molecule has 2 N–H and O–H groups in total. The lowest BCUT2D eigenvalue weighted by Crippen LogP contribution is -2.03. The zero-order chi connectivity index (χ0) is 12.0. The van der Waals surface area contributed by atoms with E-state index in [4.69, 9.17) is 24.4 Å². The Bertz CT molecular complexity index is 675. The van der Waals surface area contributed by atoms with Gasteiger partial charge in [-0.1, -0.05) is 19.1 Å². The topological polar surface area (TPSA) is 49.4 Å². The number of nitrogens with zero attached hydrogens (tertiary/aromatic N) is 2. The maximum atomic E-state index is 5.31. The van der Waals surface area contributed by atoms with Crippen LogP contribution in [0.15, 0.2) is 0 Å². The molecule has 0 spiro atoms. The van der Waals surface area contributed by atoms with Crippen LogP contribution < -0.4 is 0 Å². The van der Waals surface area contributed by atoms with Gasteiger partial charge in [-0.25, -0.2) is 4.98 Å². The van der Waals surface area contributed by atoms with Crippen molar-refractivity contribution in [3.63, 3.8) is 0 Å². The van der Waals surface area contributed by atoms with Crippen LogP contribution in [0.5, 0.6) is 0 Å². The van der Waals surface area contributed by atoms with E-state index in [-0.39, 0.29) is 0 Å². The predicted molar refractivity (Wildman–Crippen MR) is 72.4 cm³/mol. The van der Waals surface area contributed by atoms with E-state index in [0.717, 1.165) is 30.0 Å². The Balaban J connectivity index is 2.30. The first-order chi connectivity index (χ1) is 8.20. The van der Waals surface area contributed by atoms with Crippen molar-refractivity contribution in [3.8, 4) is 0 Å². The summed E-state index contributed by atoms with van der Waals surface area (Å²) in [6.07, 6.45) is 3.48. The smallest absolute Gasteiger partial charge is 0.179 e. The van der Waals surface area contributed by atoms with Crippen LogP contribution in [0.4, 0.5) is 0 Å². The summed E-state index contributed by atoms with van der Waals surface area (Å²) in [6, 6.07) is 0. The number of hydrogen-bond acceptors (Lipinski definition) is 3. The van der Waals surface area contributed by atoms with Gasteiger partial charge in [0.25, 0.3) is 0 Å². The van der Waals surface area contributed by atoms with Crippen molar-refractivity contribution in [1.82, 2.24) is 19.5 Å². The van der Waals surface area contributed by atoms with Crippen molar-refractivity contribution in [2.75, 3.05) is 0 Å². The van der Waals surface area contributed by atoms with Gasteiger partial charge in [0.15, 0.2) is 10.4 Å². The number of rotatable bonds is 3. The van der Waals surface area contributed by atoms with Gasteiger partial charge in [-0.3, -0.25) is 0 Å². The number of hydrogen-bond donors (Lipinski definition) is 2. The third-order valence-electron chi connectivity index (χ3n) is 3.06. The first-order valence-corrected chi connectivity index (χ1v) is 6.75. The molecule has 0 radical (unpaired) electrons. The van der Waals surface area contributed by atoms with Gasteiger partial charge in [0.05, 0.1) is 0 Å². The summed E-state index contributed by atoms with van der Waals surface area (Å²) in [5, 5.41) is 0. The molecule has 1 saturated carbocycles. The molecule has 2 aromatic rings. The zero-order valence-electron chi connectivity index (χ0n) is 9.62. The first kappa shape index (κ1) is 11.1. The Morgan fingerprint density at radius 1 is 1.35 bits per heavy atom. The summed E-state index contributed by atoms with van der Waals surface area (Å²) in [7, 11) is 0. The Labute approximate surface area is 109 Å². The molecule has 17 heavy (non-hydrogen) atoms. The molecule has 2 heterocycles. The van der Waals surface area contributed by atoms with E-state index >= 15 is 0 Å². The van der Waals surface area contributed by atoms with E-state index in [1.54, 1.807) is 0 Å². The summed E-state index contributed by atoms with van der Waals surface area (Å²) < 4.78 is 3.36. The minimum atomic E-state index is 0.598.